The first-order chi connectivity index (χ1) is 19.2. The summed E-state index contributed by atoms with van der Waals surface area (Å²) in [5.74, 6) is 1.82. The molecule has 39 heavy (non-hydrogen) atoms. The van der Waals surface area contributed by atoms with Gasteiger partial charge in [-0.2, -0.15) is 0 Å². The molecule has 0 aliphatic rings. The van der Waals surface area contributed by atoms with Gasteiger partial charge < -0.3 is 0 Å². The van der Waals surface area contributed by atoms with Gasteiger partial charge in [-0.25, -0.2) is 19.9 Å². The number of fused-ring (bicyclic) bond motifs is 3. The van der Waals surface area contributed by atoms with E-state index in [1.54, 1.807) is 12.4 Å². The van der Waals surface area contributed by atoms with Crippen LogP contribution >= 0.6 is 15.9 Å². The molecule has 0 N–H and O–H groups in total. The zero-order valence-electron chi connectivity index (χ0n) is 20.5. The van der Waals surface area contributed by atoms with Crippen molar-refractivity contribution < 1.29 is 0 Å². The van der Waals surface area contributed by atoms with E-state index in [2.05, 4.69) is 38.0 Å². The summed E-state index contributed by atoms with van der Waals surface area (Å²) < 4.78 is 0.897. The molecule has 184 valence electrons. The summed E-state index contributed by atoms with van der Waals surface area (Å²) in [6, 6.07) is 31.9. The van der Waals surface area contributed by atoms with Gasteiger partial charge in [0.1, 0.15) is 0 Å². The molecule has 3 aromatic carbocycles. The summed E-state index contributed by atoms with van der Waals surface area (Å²) >= 11 is 3.72. The van der Waals surface area contributed by atoms with Crippen molar-refractivity contribution in [3.63, 3.8) is 0 Å². The van der Waals surface area contributed by atoms with Crippen molar-refractivity contribution in [2.45, 2.75) is 0 Å². The first-order valence-corrected chi connectivity index (χ1v) is 13.2. The van der Waals surface area contributed by atoms with Gasteiger partial charge in [0, 0.05) is 56.1 Å². The predicted octanol–water partition coefficient (Wildman–Crippen LogP) is 7.79. The van der Waals surface area contributed by atoms with Crippen LogP contribution in [0.25, 0.3) is 67.2 Å². The normalized spacial score (nSPS) is 11.2. The third-order valence-corrected chi connectivity index (χ3v) is 6.94. The van der Waals surface area contributed by atoms with Crippen LogP contribution in [0.3, 0.4) is 0 Å². The van der Waals surface area contributed by atoms with Crippen molar-refractivity contribution in [1.29, 1.82) is 0 Å². The number of benzene rings is 3. The first-order valence-electron chi connectivity index (χ1n) is 12.4. The molecule has 7 rings (SSSR count). The molecule has 4 heterocycles. The van der Waals surface area contributed by atoms with Crippen LogP contribution in [0.4, 0.5) is 0 Å². The Bertz CT molecular complexity index is 1920. The lowest BCUT2D eigenvalue weighted by atomic mass is 10.0. The standard InChI is InChI=1S/C32H19BrN6/c33-24-17-22(28-25-13-15-34-19-26(25)29-27(36-28)12-7-14-35-29)16-23(18-24)32-38-30(20-8-3-1-4-9-20)37-31(39-32)21-10-5-2-6-11-21/h1-19H. The molecule has 6 nitrogen and oxygen atoms in total. The number of rotatable bonds is 4. The first kappa shape index (κ1) is 23.3. The number of hydrogen-bond acceptors (Lipinski definition) is 6. The maximum absolute atomic E-state index is 5.02. The van der Waals surface area contributed by atoms with Crippen molar-refractivity contribution in [2.75, 3.05) is 0 Å². The van der Waals surface area contributed by atoms with Crippen molar-refractivity contribution in [3.05, 3.63) is 120 Å². The molecule has 0 bridgehead atoms. The smallest absolute Gasteiger partial charge is 0.164 e. The molecule has 0 saturated heterocycles. The monoisotopic (exact) mass is 566 g/mol. The molecule has 0 spiro atoms. The van der Waals surface area contributed by atoms with Crippen LogP contribution in [0.1, 0.15) is 0 Å². The van der Waals surface area contributed by atoms with Gasteiger partial charge in [-0.05, 0) is 36.4 Å². The second-order valence-corrected chi connectivity index (χ2v) is 9.94. The largest absolute Gasteiger partial charge is 0.264 e. The van der Waals surface area contributed by atoms with Crippen LogP contribution in [-0.4, -0.2) is 29.9 Å². The molecular weight excluding hydrogens is 548 g/mol. The number of nitrogens with zero attached hydrogens (tertiary/aromatic N) is 6. The molecule has 0 fully saturated rings. The number of aromatic nitrogens is 6. The number of halogens is 1. The Labute approximate surface area is 232 Å². The Balaban J connectivity index is 1.45. The molecule has 7 heteroatoms. The average Bonchev–Trinajstić information content (AvgIpc) is 3.01. The van der Waals surface area contributed by atoms with E-state index < -0.39 is 0 Å². The van der Waals surface area contributed by atoms with Crippen LogP contribution < -0.4 is 0 Å². The van der Waals surface area contributed by atoms with E-state index in [9.17, 15) is 0 Å². The molecule has 0 unspecified atom stereocenters. The Kier molecular flexibility index (Phi) is 5.83. The SMILES string of the molecule is Brc1cc(-c2nc(-c3ccccc3)nc(-c3ccccc3)n2)cc(-c2nc3cccnc3c3cnccc23)c1. The fourth-order valence-corrected chi connectivity index (χ4v) is 5.17. The van der Waals surface area contributed by atoms with Gasteiger partial charge in [-0.1, -0.05) is 76.6 Å². The van der Waals surface area contributed by atoms with E-state index >= 15 is 0 Å². The molecule has 0 aliphatic heterocycles. The molecule has 0 saturated carbocycles. The zero-order chi connectivity index (χ0) is 26.2. The highest BCUT2D eigenvalue weighted by Gasteiger charge is 2.16. The summed E-state index contributed by atoms with van der Waals surface area (Å²) in [7, 11) is 0. The third kappa shape index (κ3) is 4.43. The van der Waals surface area contributed by atoms with Crippen molar-refractivity contribution >= 4 is 37.7 Å². The van der Waals surface area contributed by atoms with Crippen LogP contribution in [0.2, 0.25) is 0 Å². The fourth-order valence-electron chi connectivity index (χ4n) is 4.68. The maximum atomic E-state index is 5.02. The minimum absolute atomic E-state index is 0.582. The summed E-state index contributed by atoms with van der Waals surface area (Å²) in [5.41, 5.74) is 6.13. The van der Waals surface area contributed by atoms with E-state index in [0.29, 0.717) is 17.5 Å². The Morgan fingerprint density at radius 3 is 1.85 bits per heavy atom. The van der Waals surface area contributed by atoms with Gasteiger partial charge in [0.25, 0.3) is 0 Å². The van der Waals surface area contributed by atoms with Gasteiger partial charge >= 0.3 is 0 Å². The van der Waals surface area contributed by atoms with Crippen molar-refractivity contribution in [1.82, 2.24) is 29.9 Å². The van der Waals surface area contributed by atoms with Gasteiger partial charge in [0.2, 0.25) is 0 Å². The number of hydrogen-bond donors (Lipinski definition) is 0. The molecule has 0 amide bonds. The maximum Gasteiger partial charge on any atom is 0.164 e. The lowest BCUT2D eigenvalue weighted by Gasteiger charge is -2.12. The summed E-state index contributed by atoms with van der Waals surface area (Å²) in [4.78, 5) is 28.6. The molecule has 0 aliphatic carbocycles. The topological polar surface area (TPSA) is 77.3 Å². The van der Waals surface area contributed by atoms with E-state index in [1.165, 1.54) is 0 Å². The number of pyridine rings is 3. The van der Waals surface area contributed by atoms with Crippen LogP contribution in [0.5, 0.6) is 0 Å². The fraction of sp³-hybridized carbons (Fsp3) is 0. The minimum atomic E-state index is 0.582. The lowest BCUT2D eigenvalue weighted by molar-refractivity contribution is 1.07. The Morgan fingerprint density at radius 2 is 1.15 bits per heavy atom. The summed E-state index contributed by atoms with van der Waals surface area (Å²) in [6.45, 7) is 0. The molecule has 7 aromatic rings. The lowest BCUT2D eigenvalue weighted by Crippen LogP contribution is -2.00. The second-order valence-electron chi connectivity index (χ2n) is 9.02. The van der Waals surface area contributed by atoms with E-state index in [0.717, 1.165) is 54.2 Å². The van der Waals surface area contributed by atoms with Crippen LogP contribution in [0.15, 0.2) is 120 Å². The quantitative estimate of drug-likeness (QED) is 0.202. The zero-order valence-corrected chi connectivity index (χ0v) is 22.1. The molecule has 0 atom stereocenters. The highest BCUT2D eigenvalue weighted by molar-refractivity contribution is 9.10. The average molecular weight is 567 g/mol. The molecular formula is C32H19BrN6. The Morgan fingerprint density at radius 1 is 0.513 bits per heavy atom. The van der Waals surface area contributed by atoms with Gasteiger partial charge in [0.05, 0.1) is 16.7 Å². The van der Waals surface area contributed by atoms with Gasteiger partial charge in [0.15, 0.2) is 17.5 Å². The van der Waals surface area contributed by atoms with Crippen molar-refractivity contribution in [2.24, 2.45) is 0 Å². The minimum Gasteiger partial charge on any atom is -0.264 e. The van der Waals surface area contributed by atoms with Crippen LogP contribution in [-0.2, 0) is 0 Å². The Hall–Kier alpha value is -4.88. The van der Waals surface area contributed by atoms with E-state index in [-0.39, 0.29) is 0 Å². The van der Waals surface area contributed by atoms with Gasteiger partial charge in [-0.3, -0.25) is 9.97 Å². The molecule has 4 aromatic heterocycles. The van der Waals surface area contributed by atoms with Crippen molar-refractivity contribution in [3.8, 4) is 45.4 Å². The van der Waals surface area contributed by atoms with Gasteiger partial charge in [-0.15, -0.1) is 0 Å². The van der Waals surface area contributed by atoms with E-state index in [1.807, 2.05) is 91.1 Å². The second kappa shape index (κ2) is 9.78. The van der Waals surface area contributed by atoms with Crippen LogP contribution in [0, 0.1) is 0 Å². The third-order valence-electron chi connectivity index (χ3n) is 6.48. The summed E-state index contributed by atoms with van der Waals surface area (Å²) in [5, 5.41) is 1.93. The highest BCUT2D eigenvalue weighted by Crippen LogP contribution is 2.35. The molecule has 0 radical (unpaired) electrons. The van der Waals surface area contributed by atoms with E-state index in [4.69, 9.17) is 19.9 Å². The summed E-state index contributed by atoms with van der Waals surface area (Å²) in [6.07, 6.45) is 5.41. The highest BCUT2D eigenvalue weighted by atomic mass is 79.9. The predicted molar refractivity (Wildman–Crippen MR) is 158 cm³/mol.